The molecule has 2 amide bonds. The Hall–Kier alpha value is -4.20. The molecule has 34 heavy (non-hydrogen) atoms. The van der Waals surface area contributed by atoms with Crippen LogP contribution in [-0.4, -0.2) is 35.1 Å². The van der Waals surface area contributed by atoms with Crippen molar-refractivity contribution in [3.8, 4) is 0 Å². The van der Waals surface area contributed by atoms with Crippen LogP contribution in [0.4, 0.5) is 16.3 Å². The first kappa shape index (κ1) is 23.0. The number of nitrogens with zero attached hydrogens (tertiary/aromatic N) is 2. The molecule has 1 aromatic heterocycles. The standard InChI is InChI=1S/C26H27N5O3/c1-16(2)23(25(32)34-3)31-24-19-12-6-7-13-21(19)28-22(30-24)15-27-26(33)29-20-14-8-10-17-9-4-5-11-18(17)20/h4-14,16,23H,15H2,1-3H3,(H2,27,29,33)(H,28,30,31)/t23-/m0/s1. The summed E-state index contributed by atoms with van der Waals surface area (Å²) in [5, 5.41) is 11.7. The maximum atomic E-state index is 12.6. The van der Waals surface area contributed by atoms with E-state index in [0.29, 0.717) is 17.2 Å². The van der Waals surface area contributed by atoms with Gasteiger partial charge in [0.05, 0.1) is 24.9 Å². The number of rotatable bonds is 7. The fourth-order valence-electron chi connectivity index (χ4n) is 3.75. The van der Waals surface area contributed by atoms with Crippen LogP contribution in [0.25, 0.3) is 21.7 Å². The lowest BCUT2D eigenvalue weighted by Gasteiger charge is -2.21. The molecule has 174 valence electrons. The largest absolute Gasteiger partial charge is 0.467 e. The first-order valence-electron chi connectivity index (χ1n) is 11.1. The second-order valence-electron chi connectivity index (χ2n) is 8.23. The first-order chi connectivity index (χ1) is 16.5. The van der Waals surface area contributed by atoms with Gasteiger partial charge in [-0.15, -0.1) is 0 Å². The summed E-state index contributed by atoms with van der Waals surface area (Å²) in [4.78, 5) is 34.1. The van der Waals surface area contributed by atoms with Gasteiger partial charge < -0.3 is 20.7 Å². The van der Waals surface area contributed by atoms with Crippen LogP contribution in [0.1, 0.15) is 19.7 Å². The summed E-state index contributed by atoms with van der Waals surface area (Å²) in [5.41, 5.74) is 1.42. The Balaban J connectivity index is 1.54. The summed E-state index contributed by atoms with van der Waals surface area (Å²) in [6.45, 7) is 3.97. The van der Waals surface area contributed by atoms with E-state index in [4.69, 9.17) is 4.74 Å². The summed E-state index contributed by atoms with van der Waals surface area (Å²) in [5.74, 6) is 0.545. The zero-order chi connectivity index (χ0) is 24.1. The first-order valence-corrected chi connectivity index (χ1v) is 11.1. The van der Waals surface area contributed by atoms with Crippen molar-refractivity contribution in [1.82, 2.24) is 15.3 Å². The fraction of sp³-hybridized carbons (Fsp3) is 0.231. The summed E-state index contributed by atoms with van der Waals surface area (Å²) >= 11 is 0. The highest BCUT2D eigenvalue weighted by Crippen LogP contribution is 2.24. The van der Waals surface area contributed by atoms with Crippen molar-refractivity contribution >= 4 is 45.2 Å². The van der Waals surface area contributed by atoms with Gasteiger partial charge in [-0.3, -0.25) is 0 Å². The molecule has 0 fully saturated rings. The van der Waals surface area contributed by atoms with E-state index in [-0.39, 0.29) is 24.5 Å². The summed E-state index contributed by atoms with van der Waals surface area (Å²) < 4.78 is 4.94. The molecule has 0 bridgehead atoms. The molecule has 0 radical (unpaired) electrons. The molecule has 8 heteroatoms. The molecule has 4 rings (SSSR count). The molecule has 3 N–H and O–H groups in total. The van der Waals surface area contributed by atoms with Crippen molar-refractivity contribution < 1.29 is 14.3 Å². The lowest BCUT2D eigenvalue weighted by Crippen LogP contribution is -2.36. The number of benzene rings is 3. The Kier molecular flexibility index (Phi) is 6.87. The number of para-hydroxylation sites is 1. The fourth-order valence-corrected chi connectivity index (χ4v) is 3.75. The smallest absolute Gasteiger partial charge is 0.328 e. The zero-order valence-corrected chi connectivity index (χ0v) is 19.3. The number of amides is 2. The second kappa shape index (κ2) is 10.2. The van der Waals surface area contributed by atoms with E-state index < -0.39 is 6.04 Å². The third kappa shape index (κ3) is 5.06. The van der Waals surface area contributed by atoms with E-state index in [0.717, 1.165) is 21.8 Å². The van der Waals surface area contributed by atoms with Crippen LogP contribution in [0.5, 0.6) is 0 Å². The van der Waals surface area contributed by atoms with E-state index in [2.05, 4.69) is 25.9 Å². The number of ether oxygens (including phenoxy) is 1. The molecule has 1 atom stereocenters. The molecule has 8 nitrogen and oxygen atoms in total. The van der Waals surface area contributed by atoms with Crippen LogP contribution < -0.4 is 16.0 Å². The van der Waals surface area contributed by atoms with Crippen LogP contribution in [0, 0.1) is 5.92 Å². The lowest BCUT2D eigenvalue weighted by atomic mass is 10.0. The summed E-state index contributed by atoms with van der Waals surface area (Å²) in [6, 6.07) is 20.2. The van der Waals surface area contributed by atoms with E-state index in [1.165, 1.54) is 7.11 Å². The van der Waals surface area contributed by atoms with Crippen LogP contribution in [-0.2, 0) is 16.1 Å². The van der Waals surface area contributed by atoms with Crippen molar-refractivity contribution in [2.24, 2.45) is 5.92 Å². The molecular formula is C26H27N5O3. The predicted molar refractivity (Wildman–Crippen MR) is 134 cm³/mol. The number of carbonyl (C=O) groups is 2. The van der Waals surface area contributed by atoms with Crippen LogP contribution >= 0.6 is 0 Å². The van der Waals surface area contributed by atoms with E-state index in [1.54, 1.807) is 0 Å². The molecule has 0 saturated carbocycles. The summed E-state index contributed by atoms with van der Waals surface area (Å²) in [6.07, 6.45) is 0. The van der Waals surface area contributed by atoms with E-state index >= 15 is 0 Å². The van der Waals surface area contributed by atoms with Gasteiger partial charge in [-0.05, 0) is 29.5 Å². The Morgan fingerprint density at radius 2 is 1.62 bits per heavy atom. The van der Waals surface area contributed by atoms with Gasteiger partial charge in [0.25, 0.3) is 0 Å². The topological polar surface area (TPSA) is 105 Å². The van der Waals surface area contributed by atoms with Crippen molar-refractivity contribution in [2.75, 3.05) is 17.7 Å². The SMILES string of the molecule is COC(=O)[C@@H](Nc1nc(CNC(=O)Nc2cccc3ccccc23)nc2ccccc12)C(C)C. The van der Waals surface area contributed by atoms with Gasteiger partial charge in [0, 0.05) is 10.8 Å². The molecule has 0 unspecified atom stereocenters. The third-order valence-corrected chi connectivity index (χ3v) is 5.51. The van der Waals surface area contributed by atoms with E-state index in [9.17, 15) is 9.59 Å². The molecule has 0 aliphatic heterocycles. The van der Waals surface area contributed by atoms with Gasteiger partial charge in [-0.2, -0.15) is 0 Å². The molecule has 4 aromatic rings. The number of hydrogen-bond acceptors (Lipinski definition) is 6. The number of fused-ring (bicyclic) bond motifs is 2. The van der Waals surface area contributed by atoms with Gasteiger partial charge in [-0.1, -0.05) is 62.4 Å². The minimum Gasteiger partial charge on any atom is -0.467 e. The predicted octanol–water partition coefficient (Wildman–Crippen LogP) is 4.71. The van der Waals surface area contributed by atoms with Crippen molar-refractivity contribution in [3.63, 3.8) is 0 Å². The highest BCUT2D eigenvalue weighted by atomic mass is 16.5. The molecule has 0 saturated heterocycles. The third-order valence-electron chi connectivity index (χ3n) is 5.51. The van der Waals surface area contributed by atoms with Gasteiger partial charge in [0.15, 0.2) is 5.82 Å². The molecule has 1 heterocycles. The minimum absolute atomic E-state index is 0.0192. The Labute approximate surface area is 197 Å². The van der Waals surface area contributed by atoms with Gasteiger partial charge in [0.2, 0.25) is 0 Å². The van der Waals surface area contributed by atoms with Crippen molar-refractivity contribution in [3.05, 3.63) is 72.6 Å². The number of esters is 1. The van der Waals surface area contributed by atoms with Crippen molar-refractivity contribution in [2.45, 2.75) is 26.4 Å². The molecule has 3 aromatic carbocycles. The Morgan fingerprint density at radius 3 is 2.38 bits per heavy atom. The number of urea groups is 1. The molecule has 0 aliphatic carbocycles. The maximum Gasteiger partial charge on any atom is 0.328 e. The number of nitrogens with one attached hydrogen (secondary N) is 3. The Morgan fingerprint density at radius 1 is 0.912 bits per heavy atom. The average Bonchev–Trinajstić information content (AvgIpc) is 2.85. The quantitative estimate of drug-likeness (QED) is 0.347. The molecule has 0 spiro atoms. The van der Waals surface area contributed by atoms with Crippen LogP contribution in [0.15, 0.2) is 66.7 Å². The highest BCUT2D eigenvalue weighted by molar-refractivity contribution is 6.01. The zero-order valence-electron chi connectivity index (χ0n) is 19.3. The maximum absolute atomic E-state index is 12.6. The van der Waals surface area contributed by atoms with Gasteiger partial charge in [0.1, 0.15) is 11.9 Å². The van der Waals surface area contributed by atoms with Crippen molar-refractivity contribution in [1.29, 1.82) is 0 Å². The van der Waals surface area contributed by atoms with E-state index in [1.807, 2.05) is 80.6 Å². The Bertz CT molecular complexity index is 1330. The average molecular weight is 458 g/mol. The number of carbonyl (C=O) groups excluding carboxylic acids is 2. The normalized spacial score (nSPS) is 11.9. The van der Waals surface area contributed by atoms with Crippen LogP contribution in [0.3, 0.4) is 0 Å². The number of methoxy groups -OCH3 is 1. The number of aromatic nitrogens is 2. The monoisotopic (exact) mass is 457 g/mol. The van der Waals surface area contributed by atoms with Crippen LogP contribution in [0.2, 0.25) is 0 Å². The molecular weight excluding hydrogens is 430 g/mol. The van der Waals surface area contributed by atoms with Gasteiger partial charge in [-0.25, -0.2) is 19.6 Å². The molecule has 0 aliphatic rings. The number of anilines is 2. The summed E-state index contributed by atoms with van der Waals surface area (Å²) in [7, 11) is 1.36. The van der Waals surface area contributed by atoms with Gasteiger partial charge >= 0.3 is 12.0 Å². The number of hydrogen-bond donors (Lipinski definition) is 3. The highest BCUT2D eigenvalue weighted by Gasteiger charge is 2.24. The second-order valence-corrected chi connectivity index (χ2v) is 8.23. The lowest BCUT2D eigenvalue weighted by molar-refractivity contribution is -0.142. The minimum atomic E-state index is -0.571.